The molecule has 0 fully saturated rings. The number of rotatable bonds is 5. The number of hydrogen-bond donors (Lipinski definition) is 2. The van der Waals surface area contributed by atoms with Crippen molar-refractivity contribution >= 4 is 11.8 Å². The van der Waals surface area contributed by atoms with Crippen molar-refractivity contribution in [2.45, 2.75) is 26.2 Å². The van der Waals surface area contributed by atoms with Gasteiger partial charge in [-0.1, -0.05) is 29.8 Å². The Morgan fingerprint density at radius 2 is 2.21 bits per heavy atom. The lowest BCUT2D eigenvalue weighted by molar-refractivity contribution is 0.705. The Morgan fingerprint density at radius 3 is 3.00 bits per heavy atom. The summed E-state index contributed by atoms with van der Waals surface area (Å²) in [5.74, 6) is 0.710. The first-order valence-electron chi connectivity index (χ1n) is 9.69. The summed E-state index contributed by atoms with van der Waals surface area (Å²) in [5.41, 5.74) is 13.8. The van der Waals surface area contributed by atoms with Crippen LogP contribution in [0.1, 0.15) is 28.1 Å². The maximum atomic E-state index is 5.94. The number of hydrogen-bond acceptors (Lipinski definition) is 5. The highest BCUT2D eigenvalue weighted by Crippen LogP contribution is 2.35. The van der Waals surface area contributed by atoms with E-state index >= 15 is 0 Å². The first-order valence-corrected chi connectivity index (χ1v) is 9.69. The van der Waals surface area contributed by atoms with Gasteiger partial charge in [0.05, 0.1) is 17.1 Å². The molecule has 0 aliphatic heterocycles. The number of aromatic nitrogens is 4. The second-order valence-corrected chi connectivity index (χ2v) is 7.26. The molecule has 2 heterocycles. The number of benzene rings is 1. The highest BCUT2D eigenvalue weighted by Gasteiger charge is 2.26. The Kier molecular flexibility index (Phi) is 5.12. The molecule has 0 unspecified atom stereocenters. The molecule has 1 aromatic carbocycles. The lowest BCUT2D eigenvalue weighted by atomic mass is 9.91. The van der Waals surface area contributed by atoms with Gasteiger partial charge in [-0.25, -0.2) is 9.97 Å². The predicted octanol–water partition coefficient (Wildman–Crippen LogP) is 2.60. The number of aliphatic imine (C=N–C) groups is 1. The zero-order valence-corrected chi connectivity index (χ0v) is 17.0. The molecule has 0 bridgehead atoms. The van der Waals surface area contributed by atoms with Gasteiger partial charge in [-0.3, -0.25) is 4.68 Å². The monoisotopic (exact) mass is 387 g/mol. The molecular formula is C22H25N7. The fraction of sp³-hybridized carbons (Fsp3) is 0.273. The SMILES string of the molecule is CN/C=C\C(N)=Nc1ncc2c(n1)-c1c(nn(C)c1Cc1cccc(C)c1)CC2. The van der Waals surface area contributed by atoms with Gasteiger partial charge in [0.25, 0.3) is 5.95 Å². The molecule has 3 aromatic rings. The van der Waals surface area contributed by atoms with Crippen LogP contribution in [-0.2, 0) is 26.3 Å². The molecule has 29 heavy (non-hydrogen) atoms. The van der Waals surface area contributed by atoms with Gasteiger partial charge >= 0.3 is 0 Å². The normalized spacial score (nSPS) is 13.4. The third-order valence-corrected chi connectivity index (χ3v) is 5.06. The third-order valence-electron chi connectivity index (χ3n) is 5.06. The number of aryl methyl sites for hydroxylation is 4. The Bertz CT molecular complexity index is 1110. The van der Waals surface area contributed by atoms with Crippen LogP contribution in [0, 0.1) is 6.92 Å². The third kappa shape index (κ3) is 3.89. The van der Waals surface area contributed by atoms with Crippen molar-refractivity contribution in [3.63, 3.8) is 0 Å². The van der Waals surface area contributed by atoms with Crippen LogP contribution in [-0.4, -0.2) is 32.6 Å². The van der Waals surface area contributed by atoms with Crippen LogP contribution in [0.5, 0.6) is 0 Å². The molecule has 3 N–H and O–H groups in total. The first kappa shape index (κ1) is 18.9. The zero-order valence-electron chi connectivity index (χ0n) is 17.0. The molecule has 0 amide bonds. The molecule has 1 aliphatic rings. The summed E-state index contributed by atoms with van der Waals surface area (Å²) in [6.45, 7) is 2.11. The molecule has 7 nitrogen and oxygen atoms in total. The Labute approximate surface area is 170 Å². The van der Waals surface area contributed by atoms with Crippen LogP contribution in [0.3, 0.4) is 0 Å². The number of amidine groups is 1. The van der Waals surface area contributed by atoms with Crippen molar-refractivity contribution in [3.05, 3.63) is 70.8 Å². The Hall–Kier alpha value is -3.48. The van der Waals surface area contributed by atoms with E-state index in [1.165, 1.54) is 11.1 Å². The molecule has 0 spiro atoms. The van der Waals surface area contributed by atoms with E-state index in [-0.39, 0.29) is 0 Å². The maximum Gasteiger partial charge on any atom is 0.251 e. The lowest BCUT2D eigenvalue weighted by Gasteiger charge is -2.16. The first-order chi connectivity index (χ1) is 14.0. The maximum absolute atomic E-state index is 5.94. The second-order valence-electron chi connectivity index (χ2n) is 7.26. The van der Waals surface area contributed by atoms with Gasteiger partial charge in [-0.2, -0.15) is 10.1 Å². The average molecular weight is 387 g/mol. The fourth-order valence-corrected chi connectivity index (χ4v) is 3.71. The molecule has 0 saturated carbocycles. The smallest absolute Gasteiger partial charge is 0.251 e. The van der Waals surface area contributed by atoms with E-state index < -0.39 is 0 Å². The van der Waals surface area contributed by atoms with Crippen LogP contribution in [0.25, 0.3) is 11.3 Å². The van der Waals surface area contributed by atoms with Gasteiger partial charge in [-0.05, 0) is 43.2 Å². The van der Waals surface area contributed by atoms with Gasteiger partial charge in [0, 0.05) is 32.3 Å². The van der Waals surface area contributed by atoms with Crippen molar-refractivity contribution in [1.82, 2.24) is 25.1 Å². The Morgan fingerprint density at radius 1 is 1.34 bits per heavy atom. The van der Waals surface area contributed by atoms with Gasteiger partial charge < -0.3 is 11.1 Å². The highest BCUT2D eigenvalue weighted by molar-refractivity contribution is 5.92. The number of fused-ring (bicyclic) bond motifs is 3. The van der Waals surface area contributed by atoms with E-state index in [0.717, 1.165) is 47.5 Å². The summed E-state index contributed by atoms with van der Waals surface area (Å²) in [5, 5.41) is 7.67. The summed E-state index contributed by atoms with van der Waals surface area (Å²) >= 11 is 0. The minimum Gasteiger partial charge on any atom is -0.394 e. The van der Waals surface area contributed by atoms with Crippen molar-refractivity contribution in [1.29, 1.82) is 0 Å². The predicted molar refractivity (Wildman–Crippen MR) is 115 cm³/mol. The minimum absolute atomic E-state index is 0.349. The molecule has 0 saturated heterocycles. The van der Waals surface area contributed by atoms with Crippen molar-refractivity contribution in [2.24, 2.45) is 17.8 Å². The summed E-state index contributed by atoms with van der Waals surface area (Å²) in [6.07, 6.45) is 7.83. The van der Waals surface area contributed by atoms with Crippen molar-refractivity contribution in [2.75, 3.05) is 7.05 Å². The van der Waals surface area contributed by atoms with E-state index in [1.54, 1.807) is 19.3 Å². The molecule has 4 rings (SSSR count). The topological polar surface area (TPSA) is 94.0 Å². The summed E-state index contributed by atoms with van der Waals surface area (Å²) in [4.78, 5) is 13.5. The van der Waals surface area contributed by atoms with E-state index in [9.17, 15) is 0 Å². The largest absolute Gasteiger partial charge is 0.394 e. The van der Waals surface area contributed by atoms with Crippen LogP contribution >= 0.6 is 0 Å². The number of nitrogens with two attached hydrogens (primary N) is 1. The van der Waals surface area contributed by atoms with Crippen LogP contribution in [0.2, 0.25) is 0 Å². The minimum atomic E-state index is 0.349. The summed E-state index contributed by atoms with van der Waals surface area (Å²) in [7, 11) is 3.81. The quantitative estimate of drug-likeness (QED) is 0.518. The van der Waals surface area contributed by atoms with Crippen molar-refractivity contribution in [3.8, 4) is 11.3 Å². The molecular weight excluding hydrogens is 362 g/mol. The average Bonchev–Trinajstić information content (AvgIpc) is 3.02. The molecule has 148 valence electrons. The van der Waals surface area contributed by atoms with Crippen LogP contribution in [0.15, 0.2) is 47.7 Å². The summed E-state index contributed by atoms with van der Waals surface area (Å²) in [6, 6.07) is 8.58. The van der Waals surface area contributed by atoms with Crippen LogP contribution in [0.4, 0.5) is 5.95 Å². The molecule has 1 aliphatic carbocycles. The fourth-order valence-electron chi connectivity index (χ4n) is 3.71. The molecule has 7 heteroatoms. The molecule has 0 atom stereocenters. The van der Waals surface area contributed by atoms with E-state index in [4.69, 9.17) is 15.8 Å². The standard InChI is InChI=1S/C22H25N7/c1-14-5-4-6-15(11-14)12-18-20-17(28-29(18)3)8-7-16-13-25-22(27-21(16)20)26-19(23)9-10-24-2/h4-6,9-11,13,24H,7-8,12H2,1-3H3,(H2,23,25,26,27)/b10-9-. The van der Waals surface area contributed by atoms with Gasteiger partial charge in [0.15, 0.2) is 0 Å². The van der Waals surface area contributed by atoms with Gasteiger partial charge in [-0.15, -0.1) is 0 Å². The number of nitrogens with one attached hydrogen (secondary N) is 1. The molecule has 0 radical (unpaired) electrons. The van der Waals surface area contributed by atoms with Gasteiger partial charge in [0.1, 0.15) is 5.84 Å². The lowest BCUT2D eigenvalue weighted by Crippen LogP contribution is -2.10. The summed E-state index contributed by atoms with van der Waals surface area (Å²) < 4.78 is 1.98. The van der Waals surface area contributed by atoms with E-state index in [1.807, 2.05) is 17.9 Å². The van der Waals surface area contributed by atoms with Crippen molar-refractivity contribution < 1.29 is 0 Å². The second kappa shape index (κ2) is 7.87. The van der Waals surface area contributed by atoms with E-state index in [2.05, 4.69) is 46.5 Å². The number of nitrogens with zero attached hydrogens (tertiary/aromatic N) is 5. The molecule has 2 aromatic heterocycles. The van der Waals surface area contributed by atoms with E-state index in [0.29, 0.717) is 11.8 Å². The Balaban J connectivity index is 1.77. The van der Waals surface area contributed by atoms with Gasteiger partial charge in [0.2, 0.25) is 0 Å². The zero-order chi connectivity index (χ0) is 20.4. The highest BCUT2D eigenvalue weighted by atomic mass is 15.3. The van der Waals surface area contributed by atoms with Crippen LogP contribution < -0.4 is 11.1 Å².